The van der Waals surface area contributed by atoms with E-state index < -0.39 is 5.60 Å². The molecule has 21 heavy (non-hydrogen) atoms. The van der Waals surface area contributed by atoms with Crippen LogP contribution in [0.25, 0.3) is 0 Å². The molecule has 0 spiro atoms. The number of nitrogens with zero attached hydrogens (tertiary/aromatic N) is 2. The van der Waals surface area contributed by atoms with Crippen LogP contribution in [0.3, 0.4) is 0 Å². The average molecular weight is 310 g/mol. The topological polar surface area (TPSA) is 43.8 Å². The molecular weight excluding hydrogens is 284 g/mol. The molecule has 0 saturated carbocycles. The second-order valence-corrected chi connectivity index (χ2v) is 7.68. The van der Waals surface area contributed by atoms with Gasteiger partial charge in [0.1, 0.15) is 0 Å². The van der Waals surface area contributed by atoms with E-state index in [2.05, 4.69) is 18.7 Å². The van der Waals surface area contributed by atoms with E-state index in [0.717, 1.165) is 37.5 Å². The summed E-state index contributed by atoms with van der Waals surface area (Å²) in [7, 11) is 0. The van der Waals surface area contributed by atoms with Crippen molar-refractivity contribution in [3.63, 3.8) is 0 Å². The SMILES string of the molecule is CCc1cc(C(=O)N2CCN(CC(C)(C)O)CC2)sc1C. The Morgan fingerprint density at radius 3 is 2.43 bits per heavy atom. The Labute approximate surface area is 131 Å². The Morgan fingerprint density at radius 1 is 1.33 bits per heavy atom. The Bertz CT molecular complexity index is 497. The zero-order chi connectivity index (χ0) is 15.6. The molecule has 0 bridgehead atoms. The normalized spacial score (nSPS) is 17.3. The molecule has 2 heterocycles. The summed E-state index contributed by atoms with van der Waals surface area (Å²) in [6.07, 6.45) is 0.981. The van der Waals surface area contributed by atoms with Crippen LogP contribution in [0.2, 0.25) is 0 Å². The number of amides is 1. The number of piperazine rings is 1. The van der Waals surface area contributed by atoms with Crippen molar-refractivity contribution in [3.8, 4) is 0 Å². The third-order valence-electron chi connectivity index (χ3n) is 3.88. The highest BCUT2D eigenvalue weighted by molar-refractivity contribution is 7.14. The molecule has 0 aromatic carbocycles. The lowest BCUT2D eigenvalue weighted by molar-refractivity contribution is 0.0179. The first kappa shape index (κ1) is 16.5. The molecule has 1 aliphatic rings. The van der Waals surface area contributed by atoms with Crippen LogP contribution in [-0.4, -0.2) is 59.1 Å². The molecule has 2 rings (SSSR count). The largest absolute Gasteiger partial charge is 0.389 e. The molecule has 1 aromatic rings. The molecule has 1 aromatic heterocycles. The summed E-state index contributed by atoms with van der Waals surface area (Å²) in [4.78, 5) is 18.8. The predicted molar refractivity (Wildman–Crippen MR) is 87.1 cm³/mol. The van der Waals surface area contributed by atoms with Gasteiger partial charge in [-0.3, -0.25) is 9.69 Å². The lowest BCUT2D eigenvalue weighted by Gasteiger charge is -2.37. The van der Waals surface area contributed by atoms with Gasteiger partial charge in [-0.2, -0.15) is 0 Å². The Balaban J connectivity index is 1.93. The van der Waals surface area contributed by atoms with Crippen LogP contribution < -0.4 is 0 Å². The van der Waals surface area contributed by atoms with Gasteiger partial charge in [0.05, 0.1) is 10.5 Å². The number of aliphatic hydroxyl groups is 1. The van der Waals surface area contributed by atoms with Crippen LogP contribution in [0.4, 0.5) is 0 Å². The Kier molecular flexibility index (Phi) is 5.07. The summed E-state index contributed by atoms with van der Waals surface area (Å²) >= 11 is 1.61. The van der Waals surface area contributed by atoms with Crippen molar-refractivity contribution in [2.45, 2.75) is 39.7 Å². The number of hydrogen-bond donors (Lipinski definition) is 1. The molecule has 0 radical (unpaired) electrons. The van der Waals surface area contributed by atoms with Crippen molar-refractivity contribution in [3.05, 3.63) is 21.4 Å². The molecule has 0 aliphatic carbocycles. The van der Waals surface area contributed by atoms with E-state index in [-0.39, 0.29) is 5.91 Å². The molecule has 1 amide bonds. The maximum Gasteiger partial charge on any atom is 0.264 e. The minimum absolute atomic E-state index is 0.158. The van der Waals surface area contributed by atoms with Gasteiger partial charge in [-0.05, 0) is 38.8 Å². The van der Waals surface area contributed by atoms with E-state index in [1.54, 1.807) is 11.3 Å². The number of carbonyl (C=O) groups excluding carboxylic acids is 1. The van der Waals surface area contributed by atoms with E-state index in [1.807, 2.05) is 24.8 Å². The number of β-amino-alcohol motifs (C(OH)–C–C–N with tert-alkyl or cyclic N) is 1. The van der Waals surface area contributed by atoms with Crippen LogP contribution in [0.1, 0.15) is 40.9 Å². The third kappa shape index (κ3) is 4.28. The van der Waals surface area contributed by atoms with Gasteiger partial charge < -0.3 is 10.0 Å². The fraction of sp³-hybridized carbons (Fsp3) is 0.688. The standard InChI is InChI=1S/C16H26N2O2S/c1-5-13-10-14(21-12(13)2)15(19)18-8-6-17(7-9-18)11-16(3,4)20/h10,20H,5-9,11H2,1-4H3. The first-order valence-electron chi connectivity index (χ1n) is 7.63. The summed E-state index contributed by atoms with van der Waals surface area (Å²) in [6, 6.07) is 2.05. The zero-order valence-corrected chi connectivity index (χ0v) is 14.3. The summed E-state index contributed by atoms with van der Waals surface area (Å²) in [6.45, 7) is 11.7. The van der Waals surface area contributed by atoms with Crippen molar-refractivity contribution < 1.29 is 9.90 Å². The van der Waals surface area contributed by atoms with Crippen LogP contribution in [0.15, 0.2) is 6.07 Å². The number of hydrogen-bond acceptors (Lipinski definition) is 4. The average Bonchev–Trinajstić information content (AvgIpc) is 2.78. The molecule has 5 heteroatoms. The monoisotopic (exact) mass is 310 g/mol. The van der Waals surface area contributed by atoms with Crippen molar-refractivity contribution in [1.29, 1.82) is 0 Å². The van der Waals surface area contributed by atoms with Crippen molar-refractivity contribution in [2.24, 2.45) is 0 Å². The molecule has 1 saturated heterocycles. The Hall–Kier alpha value is -0.910. The number of aryl methyl sites for hydroxylation is 2. The second-order valence-electron chi connectivity index (χ2n) is 6.43. The highest BCUT2D eigenvalue weighted by atomic mass is 32.1. The lowest BCUT2D eigenvalue weighted by atomic mass is 10.1. The fourth-order valence-corrected chi connectivity index (χ4v) is 3.87. The molecule has 4 nitrogen and oxygen atoms in total. The molecule has 1 fully saturated rings. The number of thiophene rings is 1. The smallest absolute Gasteiger partial charge is 0.264 e. The maximum absolute atomic E-state index is 12.5. The van der Waals surface area contributed by atoms with E-state index in [9.17, 15) is 9.90 Å². The van der Waals surface area contributed by atoms with Gasteiger partial charge >= 0.3 is 0 Å². The van der Waals surface area contributed by atoms with E-state index in [4.69, 9.17) is 0 Å². The first-order chi connectivity index (χ1) is 9.80. The summed E-state index contributed by atoms with van der Waals surface area (Å²) < 4.78 is 0. The minimum Gasteiger partial charge on any atom is -0.389 e. The third-order valence-corrected chi connectivity index (χ3v) is 4.96. The molecular formula is C16H26N2O2S. The Morgan fingerprint density at radius 2 is 1.95 bits per heavy atom. The number of rotatable bonds is 4. The predicted octanol–water partition coefficient (Wildman–Crippen LogP) is 2.15. The summed E-state index contributed by atoms with van der Waals surface area (Å²) in [5, 5.41) is 9.86. The van der Waals surface area contributed by atoms with Gasteiger partial charge in [0.2, 0.25) is 0 Å². The summed E-state index contributed by atoms with van der Waals surface area (Å²) in [5.41, 5.74) is 0.608. The highest BCUT2D eigenvalue weighted by Crippen LogP contribution is 2.24. The molecule has 1 N–H and O–H groups in total. The maximum atomic E-state index is 12.5. The van der Waals surface area contributed by atoms with E-state index in [1.165, 1.54) is 10.4 Å². The molecule has 0 atom stereocenters. The van der Waals surface area contributed by atoms with Gasteiger partial charge in [-0.1, -0.05) is 6.92 Å². The van der Waals surface area contributed by atoms with Gasteiger partial charge in [-0.25, -0.2) is 0 Å². The van der Waals surface area contributed by atoms with Crippen LogP contribution >= 0.6 is 11.3 Å². The van der Waals surface area contributed by atoms with Gasteiger partial charge in [-0.15, -0.1) is 11.3 Å². The van der Waals surface area contributed by atoms with Crippen LogP contribution in [-0.2, 0) is 6.42 Å². The van der Waals surface area contributed by atoms with Crippen molar-refractivity contribution in [1.82, 2.24) is 9.80 Å². The van der Waals surface area contributed by atoms with Crippen molar-refractivity contribution >= 4 is 17.2 Å². The quantitative estimate of drug-likeness (QED) is 0.927. The summed E-state index contributed by atoms with van der Waals surface area (Å²) in [5.74, 6) is 0.158. The number of carbonyl (C=O) groups is 1. The van der Waals surface area contributed by atoms with Crippen molar-refractivity contribution in [2.75, 3.05) is 32.7 Å². The van der Waals surface area contributed by atoms with Crippen LogP contribution in [0.5, 0.6) is 0 Å². The molecule has 1 aliphatic heterocycles. The van der Waals surface area contributed by atoms with E-state index in [0.29, 0.717) is 6.54 Å². The molecule has 118 valence electrons. The lowest BCUT2D eigenvalue weighted by Crippen LogP contribution is -2.51. The van der Waals surface area contributed by atoms with Gasteiger partial charge in [0, 0.05) is 37.6 Å². The molecule has 0 unspecified atom stereocenters. The first-order valence-corrected chi connectivity index (χ1v) is 8.45. The zero-order valence-electron chi connectivity index (χ0n) is 13.5. The van der Waals surface area contributed by atoms with Crippen LogP contribution in [0, 0.1) is 6.92 Å². The second kappa shape index (κ2) is 6.46. The van der Waals surface area contributed by atoms with Gasteiger partial charge in [0.15, 0.2) is 0 Å². The fourth-order valence-electron chi connectivity index (χ4n) is 2.79. The minimum atomic E-state index is -0.674. The van der Waals surface area contributed by atoms with E-state index >= 15 is 0 Å². The van der Waals surface area contributed by atoms with Gasteiger partial charge in [0.25, 0.3) is 5.91 Å². The highest BCUT2D eigenvalue weighted by Gasteiger charge is 2.26.